The number of hydrogen-bond donors (Lipinski definition) is 1. The van der Waals surface area contributed by atoms with Crippen molar-refractivity contribution in [2.24, 2.45) is 0 Å². The van der Waals surface area contributed by atoms with Gasteiger partial charge in [0.25, 0.3) is 5.91 Å². The van der Waals surface area contributed by atoms with Crippen LogP contribution in [0.25, 0.3) is 0 Å². The van der Waals surface area contributed by atoms with Crippen LogP contribution in [0.2, 0.25) is 5.02 Å². The molecule has 0 saturated heterocycles. The molecule has 1 atom stereocenters. The zero-order valence-electron chi connectivity index (χ0n) is 14.3. The van der Waals surface area contributed by atoms with Crippen LogP contribution in [0.15, 0.2) is 42.5 Å². The monoisotopic (exact) mass is 361 g/mol. The van der Waals surface area contributed by atoms with E-state index in [-0.39, 0.29) is 5.91 Å². The molecule has 0 radical (unpaired) electrons. The first-order valence-electron chi connectivity index (χ1n) is 7.92. The highest BCUT2D eigenvalue weighted by Gasteiger charge is 2.17. The Balaban J connectivity index is 2.05. The minimum atomic E-state index is -0.754. The molecule has 25 heavy (non-hydrogen) atoms. The Hall–Kier alpha value is -2.53. The predicted molar refractivity (Wildman–Crippen MR) is 97.3 cm³/mol. The maximum Gasteiger partial charge on any atom is 0.338 e. The van der Waals surface area contributed by atoms with E-state index in [9.17, 15) is 9.59 Å². The van der Waals surface area contributed by atoms with Crippen LogP contribution in [0.5, 0.6) is 5.75 Å². The Morgan fingerprint density at radius 3 is 2.64 bits per heavy atom. The van der Waals surface area contributed by atoms with Crippen LogP contribution in [0.4, 0.5) is 5.69 Å². The molecule has 0 aliphatic heterocycles. The van der Waals surface area contributed by atoms with Crippen molar-refractivity contribution in [3.63, 3.8) is 0 Å². The number of carbonyl (C=O) groups excluding carboxylic acids is 2. The van der Waals surface area contributed by atoms with E-state index in [0.717, 1.165) is 5.56 Å². The molecule has 2 aromatic carbocycles. The number of ether oxygens (including phenoxy) is 2. The topological polar surface area (TPSA) is 64.6 Å². The van der Waals surface area contributed by atoms with Gasteiger partial charge in [0.1, 0.15) is 5.75 Å². The van der Waals surface area contributed by atoms with Crippen molar-refractivity contribution >= 4 is 29.2 Å². The lowest BCUT2D eigenvalue weighted by Crippen LogP contribution is -2.30. The van der Waals surface area contributed by atoms with Crippen molar-refractivity contribution < 1.29 is 19.1 Å². The second-order valence-electron chi connectivity index (χ2n) is 5.41. The van der Waals surface area contributed by atoms with E-state index in [2.05, 4.69) is 5.32 Å². The fourth-order valence-corrected chi connectivity index (χ4v) is 2.32. The largest absolute Gasteiger partial charge is 0.481 e. The number of nitrogens with one attached hydrogen (secondary N) is 1. The van der Waals surface area contributed by atoms with Gasteiger partial charge in [0, 0.05) is 10.7 Å². The molecule has 1 N–H and O–H groups in total. The van der Waals surface area contributed by atoms with E-state index in [0.29, 0.717) is 28.6 Å². The Kier molecular flexibility index (Phi) is 6.42. The Morgan fingerprint density at radius 2 is 1.92 bits per heavy atom. The van der Waals surface area contributed by atoms with Gasteiger partial charge in [-0.1, -0.05) is 23.7 Å². The molecule has 6 heteroatoms. The van der Waals surface area contributed by atoms with E-state index in [1.165, 1.54) is 0 Å². The smallest absolute Gasteiger partial charge is 0.338 e. The fourth-order valence-electron chi connectivity index (χ4n) is 2.15. The fraction of sp³-hybridized carbons (Fsp3) is 0.263. The maximum atomic E-state index is 12.3. The number of halogens is 1. The quantitative estimate of drug-likeness (QED) is 0.782. The summed E-state index contributed by atoms with van der Waals surface area (Å²) in [6.45, 7) is 5.49. The van der Waals surface area contributed by atoms with E-state index in [1.54, 1.807) is 56.3 Å². The lowest BCUT2D eigenvalue weighted by Gasteiger charge is -2.16. The van der Waals surface area contributed by atoms with Gasteiger partial charge in [-0.05, 0) is 56.7 Å². The van der Waals surface area contributed by atoms with Gasteiger partial charge in [0.15, 0.2) is 6.10 Å². The van der Waals surface area contributed by atoms with Crippen molar-refractivity contribution in [1.29, 1.82) is 0 Å². The summed E-state index contributed by atoms with van der Waals surface area (Å²) in [4.78, 5) is 24.1. The Labute approximate surface area is 151 Å². The number of esters is 1. The van der Waals surface area contributed by atoms with Crippen LogP contribution in [0.3, 0.4) is 0 Å². The molecule has 0 spiro atoms. The number of carbonyl (C=O) groups is 2. The number of rotatable bonds is 6. The van der Waals surface area contributed by atoms with Gasteiger partial charge < -0.3 is 14.8 Å². The van der Waals surface area contributed by atoms with Crippen molar-refractivity contribution in [1.82, 2.24) is 0 Å². The van der Waals surface area contributed by atoms with E-state index in [4.69, 9.17) is 21.1 Å². The standard InChI is InChI=1S/C19H20ClNO4/c1-4-24-19(23)14-7-5-8-15(11-14)25-13(3)18(22)21-17-10-6-9-16(20)12(17)2/h5-11,13H,4H2,1-3H3,(H,21,22). The van der Waals surface area contributed by atoms with Crippen LogP contribution < -0.4 is 10.1 Å². The molecule has 1 unspecified atom stereocenters. The molecule has 0 heterocycles. The van der Waals surface area contributed by atoms with Gasteiger partial charge in [-0.3, -0.25) is 4.79 Å². The first-order chi connectivity index (χ1) is 11.9. The van der Waals surface area contributed by atoms with Crippen LogP contribution >= 0.6 is 11.6 Å². The molecule has 2 aromatic rings. The third-order valence-electron chi connectivity index (χ3n) is 3.55. The van der Waals surface area contributed by atoms with Crippen LogP contribution in [-0.2, 0) is 9.53 Å². The summed E-state index contributed by atoms with van der Waals surface area (Å²) in [6.07, 6.45) is -0.754. The van der Waals surface area contributed by atoms with Gasteiger partial charge >= 0.3 is 5.97 Å². The first kappa shape index (κ1) is 18.8. The zero-order valence-corrected chi connectivity index (χ0v) is 15.1. The molecule has 2 rings (SSSR count). The first-order valence-corrected chi connectivity index (χ1v) is 8.30. The Bertz CT molecular complexity index is 776. The molecule has 0 saturated carbocycles. The maximum absolute atomic E-state index is 12.3. The Morgan fingerprint density at radius 1 is 1.20 bits per heavy atom. The lowest BCUT2D eigenvalue weighted by atomic mass is 10.2. The number of amides is 1. The molecular formula is C19H20ClNO4. The summed E-state index contributed by atoms with van der Waals surface area (Å²) in [5.74, 6) is -0.331. The summed E-state index contributed by atoms with van der Waals surface area (Å²) in [6, 6.07) is 11.8. The van der Waals surface area contributed by atoms with Crippen molar-refractivity contribution in [2.45, 2.75) is 26.9 Å². The number of anilines is 1. The zero-order chi connectivity index (χ0) is 18.4. The van der Waals surface area contributed by atoms with Crippen molar-refractivity contribution in [2.75, 3.05) is 11.9 Å². The summed E-state index contributed by atoms with van der Waals surface area (Å²) < 4.78 is 10.6. The molecule has 0 bridgehead atoms. The molecule has 1 amide bonds. The van der Waals surface area contributed by atoms with E-state index >= 15 is 0 Å². The molecule has 0 aliphatic carbocycles. The predicted octanol–water partition coefficient (Wildman–Crippen LogP) is 4.23. The van der Waals surface area contributed by atoms with Crippen LogP contribution in [0, 0.1) is 6.92 Å². The average molecular weight is 362 g/mol. The molecular weight excluding hydrogens is 342 g/mol. The minimum absolute atomic E-state index is 0.293. The highest BCUT2D eigenvalue weighted by atomic mass is 35.5. The van der Waals surface area contributed by atoms with Crippen molar-refractivity contribution in [3.8, 4) is 5.75 Å². The van der Waals surface area contributed by atoms with Crippen LogP contribution in [-0.4, -0.2) is 24.6 Å². The lowest BCUT2D eigenvalue weighted by molar-refractivity contribution is -0.122. The number of hydrogen-bond acceptors (Lipinski definition) is 4. The SMILES string of the molecule is CCOC(=O)c1cccc(OC(C)C(=O)Nc2cccc(Cl)c2C)c1. The molecule has 0 fully saturated rings. The minimum Gasteiger partial charge on any atom is -0.481 e. The number of benzene rings is 2. The highest BCUT2D eigenvalue weighted by Crippen LogP contribution is 2.23. The molecule has 0 aliphatic rings. The summed E-state index contributed by atoms with van der Waals surface area (Å²) in [7, 11) is 0. The second-order valence-corrected chi connectivity index (χ2v) is 5.82. The molecule has 5 nitrogen and oxygen atoms in total. The van der Waals surface area contributed by atoms with Gasteiger partial charge in [-0.25, -0.2) is 4.79 Å². The van der Waals surface area contributed by atoms with E-state index in [1.807, 2.05) is 6.92 Å². The van der Waals surface area contributed by atoms with Gasteiger partial charge in [0.2, 0.25) is 0 Å². The molecule has 0 aromatic heterocycles. The normalized spacial score (nSPS) is 11.5. The van der Waals surface area contributed by atoms with Gasteiger partial charge in [-0.2, -0.15) is 0 Å². The molecule has 132 valence electrons. The van der Waals surface area contributed by atoms with Crippen LogP contribution in [0.1, 0.15) is 29.8 Å². The third-order valence-corrected chi connectivity index (χ3v) is 3.96. The van der Waals surface area contributed by atoms with E-state index < -0.39 is 12.1 Å². The van der Waals surface area contributed by atoms with Crippen molar-refractivity contribution in [3.05, 3.63) is 58.6 Å². The summed E-state index contributed by atoms with van der Waals surface area (Å²) >= 11 is 6.05. The summed E-state index contributed by atoms with van der Waals surface area (Å²) in [5, 5.41) is 3.37. The summed E-state index contributed by atoms with van der Waals surface area (Å²) in [5.41, 5.74) is 1.79. The second kappa shape index (κ2) is 8.53. The van der Waals surface area contributed by atoms with Gasteiger partial charge in [0.05, 0.1) is 12.2 Å². The highest BCUT2D eigenvalue weighted by molar-refractivity contribution is 6.31. The van der Waals surface area contributed by atoms with Gasteiger partial charge in [-0.15, -0.1) is 0 Å². The average Bonchev–Trinajstić information content (AvgIpc) is 2.59. The third kappa shape index (κ3) is 4.97.